The summed E-state index contributed by atoms with van der Waals surface area (Å²) >= 11 is 0. The van der Waals surface area contributed by atoms with Crippen molar-refractivity contribution in [1.29, 1.82) is 0 Å². The van der Waals surface area contributed by atoms with Crippen LogP contribution in [-0.4, -0.2) is 57.6 Å². The Morgan fingerprint density at radius 3 is 2.36 bits per heavy atom. The second kappa shape index (κ2) is 7.21. The fourth-order valence-electron chi connectivity index (χ4n) is 2.63. The zero-order valence-electron chi connectivity index (χ0n) is 15.4. The van der Waals surface area contributed by atoms with Gasteiger partial charge in [-0.15, -0.1) is 0 Å². The lowest BCUT2D eigenvalue weighted by molar-refractivity contribution is 0.0509. The highest BCUT2D eigenvalue weighted by Gasteiger charge is 2.26. The Balaban J connectivity index is 1.97. The van der Waals surface area contributed by atoms with Crippen LogP contribution in [0.5, 0.6) is 0 Å². The van der Waals surface area contributed by atoms with Crippen molar-refractivity contribution in [2.75, 3.05) is 32.1 Å². The van der Waals surface area contributed by atoms with Gasteiger partial charge in [0.05, 0.1) is 10.9 Å². The zero-order valence-corrected chi connectivity index (χ0v) is 16.3. The molecule has 140 valence electrons. The molecule has 0 radical (unpaired) electrons. The van der Waals surface area contributed by atoms with E-state index in [0.717, 1.165) is 18.7 Å². The summed E-state index contributed by atoms with van der Waals surface area (Å²) in [6.45, 7) is 6.95. The number of hydrogen-bond donors (Lipinski definition) is 1. The van der Waals surface area contributed by atoms with E-state index in [1.54, 1.807) is 24.3 Å². The Morgan fingerprint density at radius 1 is 1.24 bits per heavy atom. The van der Waals surface area contributed by atoms with Gasteiger partial charge in [-0.25, -0.2) is 17.5 Å². The maximum atomic E-state index is 12.1. The van der Waals surface area contributed by atoms with Crippen LogP contribution in [0.3, 0.4) is 0 Å². The first-order chi connectivity index (χ1) is 11.5. The predicted molar refractivity (Wildman–Crippen MR) is 97.3 cm³/mol. The summed E-state index contributed by atoms with van der Waals surface area (Å²) in [6.07, 6.45) is 0.406. The van der Waals surface area contributed by atoms with Crippen molar-refractivity contribution in [1.82, 2.24) is 9.62 Å². The summed E-state index contributed by atoms with van der Waals surface area (Å²) in [5.74, 6) is 0. The standard InChI is InChI=1S/C17H27N3O4S/c1-17(2,3)24-16(21)18-13-10-11-20(12-13)14-6-8-15(9-7-14)25(22,23)19(4)5/h6-9,13H,10-12H2,1-5H3,(H,18,21). The number of carbonyl (C=O) groups is 1. The normalized spacial score (nSPS) is 18.5. The number of ether oxygens (including phenoxy) is 1. The quantitative estimate of drug-likeness (QED) is 0.879. The van der Waals surface area contributed by atoms with Crippen LogP contribution in [0, 0.1) is 0 Å². The summed E-state index contributed by atoms with van der Waals surface area (Å²) in [5.41, 5.74) is 0.419. The molecule has 0 aliphatic carbocycles. The summed E-state index contributed by atoms with van der Waals surface area (Å²) in [7, 11) is -0.399. The molecule has 0 spiro atoms. The third-order valence-electron chi connectivity index (χ3n) is 3.89. The molecule has 1 aromatic rings. The van der Waals surface area contributed by atoms with Crippen molar-refractivity contribution < 1.29 is 17.9 Å². The highest BCUT2D eigenvalue weighted by molar-refractivity contribution is 7.89. The Morgan fingerprint density at radius 2 is 1.84 bits per heavy atom. The number of nitrogens with zero attached hydrogens (tertiary/aromatic N) is 2. The number of alkyl carbamates (subject to hydrolysis) is 1. The van der Waals surface area contributed by atoms with Crippen molar-refractivity contribution in [3.8, 4) is 0 Å². The number of carbonyl (C=O) groups excluding carboxylic acids is 1. The fraction of sp³-hybridized carbons (Fsp3) is 0.588. The van der Waals surface area contributed by atoms with E-state index in [2.05, 4.69) is 10.2 Å². The number of nitrogens with one attached hydrogen (secondary N) is 1. The van der Waals surface area contributed by atoms with Crippen LogP contribution in [0.1, 0.15) is 27.2 Å². The molecule has 0 saturated carbocycles. The minimum Gasteiger partial charge on any atom is -0.444 e. The number of anilines is 1. The molecule has 0 bridgehead atoms. The summed E-state index contributed by atoms with van der Waals surface area (Å²) in [6, 6.07) is 6.83. The smallest absolute Gasteiger partial charge is 0.407 e. The van der Waals surface area contributed by atoms with Gasteiger partial charge in [0.2, 0.25) is 10.0 Å². The van der Waals surface area contributed by atoms with Gasteiger partial charge < -0.3 is 15.0 Å². The van der Waals surface area contributed by atoms with E-state index >= 15 is 0 Å². The van der Waals surface area contributed by atoms with Gasteiger partial charge in [-0.2, -0.15) is 0 Å². The van der Waals surface area contributed by atoms with Gasteiger partial charge in [-0.05, 0) is 51.5 Å². The molecule has 7 nitrogen and oxygen atoms in total. The van der Waals surface area contributed by atoms with Crippen molar-refractivity contribution in [3.05, 3.63) is 24.3 Å². The molecule has 1 heterocycles. The van der Waals surface area contributed by atoms with Crippen molar-refractivity contribution in [3.63, 3.8) is 0 Å². The van der Waals surface area contributed by atoms with Crippen molar-refractivity contribution >= 4 is 21.8 Å². The van der Waals surface area contributed by atoms with Gasteiger partial charge in [-0.3, -0.25) is 0 Å². The zero-order chi connectivity index (χ0) is 18.8. The van der Waals surface area contributed by atoms with E-state index < -0.39 is 21.7 Å². The van der Waals surface area contributed by atoms with Gasteiger partial charge in [0.25, 0.3) is 0 Å². The van der Waals surface area contributed by atoms with Gasteiger partial charge in [0, 0.05) is 32.9 Å². The van der Waals surface area contributed by atoms with Crippen LogP contribution in [0.4, 0.5) is 10.5 Å². The Bertz CT molecular complexity index is 708. The predicted octanol–water partition coefficient (Wildman–Crippen LogP) is 2.04. The molecule has 1 amide bonds. The van der Waals surface area contributed by atoms with Gasteiger partial charge >= 0.3 is 6.09 Å². The lowest BCUT2D eigenvalue weighted by Gasteiger charge is -2.22. The van der Waals surface area contributed by atoms with E-state index in [0.29, 0.717) is 6.54 Å². The first kappa shape index (κ1) is 19.5. The van der Waals surface area contributed by atoms with Crippen molar-refractivity contribution in [2.24, 2.45) is 0 Å². The second-order valence-electron chi connectivity index (χ2n) is 7.36. The molecule has 1 aliphatic heterocycles. The van der Waals surface area contributed by atoms with Crippen LogP contribution in [0.2, 0.25) is 0 Å². The largest absolute Gasteiger partial charge is 0.444 e. The molecular weight excluding hydrogens is 342 g/mol. The minimum atomic E-state index is -3.42. The molecule has 1 fully saturated rings. The lowest BCUT2D eigenvalue weighted by atomic mass is 10.2. The van der Waals surface area contributed by atoms with Crippen LogP contribution >= 0.6 is 0 Å². The van der Waals surface area contributed by atoms with Gasteiger partial charge in [-0.1, -0.05) is 0 Å². The van der Waals surface area contributed by atoms with Crippen LogP contribution in [0.15, 0.2) is 29.2 Å². The fourth-order valence-corrected chi connectivity index (χ4v) is 3.53. The van der Waals surface area contributed by atoms with E-state index in [1.807, 2.05) is 20.8 Å². The van der Waals surface area contributed by atoms with Crippen molar-refractivity contribution in [2.45, 2.75) is 43.7 Å². The maximum absolute atomic E-state index is 12.1. The van der Waals surface area contributed by atoms with E-state index in [-0.39, 0.29) is 10.9 Å². The molecule has 1 unspecified atom stereocenters. The van der Waals surface area contributed by atoms with Gasteiger partial charge in [0.1, 0.15) is 5.60 Å². The SMILES string of the molecule is CN(C)S(=O)(=O)c1ccc(N2CCC(NC(=O)OC(C)(C)C)C2)cc1. The van der Waals surface area contributed by atoms with Crippen LogP contribution < -0.4 is 10.2 Å². The average molecular weight is 369 g/mol. The molecule has 2 rings (SSSR count). The first-order valence-electron chi connectivity index (χ1n) is 8.26. The highest BCUT2D eigenvalue weighted by Crippen LogP contribution is 2.23. The molecule has 0 aromatic heterocycles. The molecule has 25 heavy (non-hydrogen) atoms. The molecular formula is C17H27N3O4S. The number of amides is 1. The molecule has 1 atom stereocenters. The lowest BCUT2D eigenvalue weighted by Crippen LogP contribution is -2.40. The molecule has 1 N–H and O–H groups in total. The maximum Gasteiger partial charge on any atom is 0.407 e. The summed E-state index contributed by atoms with van der Waals surface area (Å²) in [4.78, 5) is 14.2. The molecule has 1 aliphatic rings. The second-order valence-corrected chi connectivity index (χ2v) is 9.51. The van der Waals surface area contributed by atoms with E-state index in [1.165, 1.54) is 18.4 Å². The Labute approximate surface area is 150 Å². The van der Waals surface area contributed by atoms with Gasteiger partial charge in [0.15, 0.2) is 0 Å². The first-order valence-corrected chi connectivity index (χ1v) is 9.70. The molecule has 1 saturated heterocycles. The Kier molecular flexibility index (Phi) is 5.63. The third kappa shape index (κ3) is 5.09. The number of rotatable bonds is 4. The minimum absolute atomic E-state index is 0.0139. The van der Waals surface area contributed by atoms with Crippen LogP contribution in [-0.2, 0) is 14.8 Å². The summed E-state index contributed by atoms with van der Waals surface area (Å²) in [5, 5.41) is 2.88. The van der Waals surface area contributed by atoms with Crippen LogP contribution in [0.25, 0.3) is 0 Å². The average Bonchev–Trinajstić information content (AvgIpc) is 2.93. The highest BCUT2D eigenvalue weighted by atomic mass is 32.2. The molecule has 1 aromatic carbocycles. The van der Waals surface area contributed by atoms with E-state index in [4.69, 9.17) is 4.74 Å². The van der Waals surface area contributed by atoms with E-state index in [9.17, 15) is 13.2 Å². The number of benzene rings is 1. The number of sulfonamides is 1. The molecule has 8 heteroatoms. The Hall–Kier alpha value is -1.80. The third-order valence-corrected chi connectivity index (χ3v) is 5.72. The monoisotopic (exact) mass is 369 g/mol. The summed E-state index contributed by atoms with van der Waals surface area (Å²) < 4.78 is 30.7. The number of hydrogen-bond acceptors (Lipinski definition) is 5. The topological polar surface area (TPSA) is 79.0 Å².